The van der Waals surface area contributed by atoms with Crippen LogP contribution in [0.3, 0.4) is 0 Å². The second-order valence-corrected chi connectivity index (χ2v) is 3.48. The summed E-state index contributed by atoms with van der Waals surface area (Å²) < 4.78 is 0. The van der Waals surface area contributed by atoms with E-state index in [1.807, 2.05) is 18.3 Å². The lowest BCUT2D eigenvalue weighted by Crippen LogP contribution is -2.05. The smallest absolute Gasteiger partial charge is 0.222 e. The van der Waals surface area contributed by atoms with E-state index in [0.717, 1.165) is 23.6 Å². The van der Waals surface area contributed by atoms with E-state index in [9.17, 15) is 0 Å². The van der Waals surface area contributed by atoms with Crippen molar-refractivity contribution >= 4 is 18.6 Å². The van der Waals surface area contributed by atoms with Crippen molar-refractivity contribution < 1.29 is 0 Å². The van der Waals surface area contributed by atoms with Crippen LogP contribution >= 0.6 is 12.6 Å². The van der Waals surface area contributed by atoms with Gasteiger partial charge in [-0.05, 0) is 12.1 Å². The van der Waals surface area contributed by atoms with Gasteiger partial charge in [0.25, 0.3) is 0 Å². The molecular weight excluding hydrogens is 208 g/mol. The molecule has 78 valence electrons. The summed E-state index contributed by atoms with van der Waals surface area (Å²) in [5, 5.41) is 3.06. The van der Waals surface area contributed by atoms with Crippen LogP contribution < -0.4 is 5.32 Å². The Morgan fingerprint density at radius 3 is 2.73 bits per heavy atom. The number of hydrogen-bond donors (Lipinski definition) is 3. The third kappa shape index (κ3) is 2.50. The maximum absolute atomic E-state index is 4.20. The van der Waals surface area contributed by atoms with Crippen LogP contribution in [0.2, 0.25) is 0 Å². The van der Waals surface area contributed by atoms with Crippen LogP contribution in [0.25, 0.3) is 11.3 Å². The van der Waals surface area contributed by atoms with E-state index in [2.05, 4.69) is 32.9 Å². The van der Waals surface area contributed by atoms with E-state index in [4.69, 9.17) is 0 Å². The van der Waals surface area contributed by atoms with Crippen molar-refractivity contribution in [2.45, 2.75) is 0 Å². The molecule has 2 rings (SSSR count). The Morgan fingerprint density at radius 1 is 1.33 bits per heavy atom. The number of aromatic nitrogens is 3. The van der Waals surface area contributed by atoms with Gasteiger partial charge < -0.3 is 10.3 Å². The van der Waals surface area contributed by atoms with Crippen LogP contribution in [0.4, 0.5) is 5.95 Å². The highest BCUT2D eigenvalue weighted by atomic mass is 32.1. The molecule has 2 N–H and O–H groups in total. The van der Waals surface area contributed by atoms with Crippen molar-refractivity contribution in [1.82, 2.24) is 15.0 Å². The first kappa shape index (κ1) is 10.0. The van der Waals surface area contributed by atoms with Gasteiger partial charge in [-0.3, -0.25) is 0 Å². The molecule has 2 aromatic heterocycles. The summed E-state index contributed by atoms with van der Waals surface area (Å²) in [6, 6.07) is 3.93. The molecule has 4 nitrogen and oxygen atoms in total. The Kier molecular flexibility index (Phi) is 3.24. The normalized spacial score (nSPS) is 10.2. The van der Waals surface area contributed by atoms with Crippen LogP contribution in [0, 0.1) is 0 Å². The minimum atomic E-state index is 0.638. The first-order valence-electron chi connectivity index (χ1n) is 4.70. The molecule has 2 heterocycles. The molecule has 5 heteroatoms. The van der Waals surface area contributed by atoms with E-state index in [-0.39, 0.29) is 0 Å². The molecule has 0 spiro atoms. The van der Waals surface area contributed by atoms with E-state index in [0.29, 0.717) is 5.95 Å². The minimum Gasteiger partial charge on any atom is -0.361 e. The van der Waals surface area contributed by atoms with Gasteiger partial charge in [0.1, 0.15) is 0 Å². The van der Waals surface area contributed by atoms with E-state index >= 15 is 0 Å². The Balaban J connectivity index is 2.11. The molecular formula is C10H12N4S. The van der Waals surface area contributed by atoms with Gasteiger partial charge >= 0.3 is 0 Å². The largest absolute Gasteiger partial charge is 0.361 e. The van der Waals surface area contributed by atoms with Crippen LogP contribution in [0.5, 0.6) is 0 Å². The zero-order valence-electron chi connectivity index (χ0n) is 8.14. The van der Waals surface area contributed by atoms with E-state index in [1.165, 1.54) is 0 Å². The van der Waals surface area contributed by atoms with Gasteiger partial charge in [0.05, 0.1) is 0 Å². The summed E-state index contributed by atoms with van der Waals surface area (Å²) in [5.41, 5.74) is 2.01. The summed E-state index contributed by atoms with van der Waals surface area (Å²) in [6.07, 6.45) is 5.46. The fourth-order valence-electron chi connectivity index (χ4n) is 1.24. The standard InChI is InChI=1S/C10H12N4S/c15-5-4-12-10-13-6-8(7-14-10)9-2-1-3-11-9/h1-3,6-7,11,15H,4-5H2,(H,12,13,14). The lowest BCUT2D eigenvalue weighted by atomic mass is 10.2. The van der Waals surface area contributed by atoms with Gasteiger partial charge in [0.2, 0.25) is 5.95 Å². The molecule has 0 aromatic carbocycles. The fourth-order valence-corrected chi connectivity index (χ4v) is 1.35. The van der Waals surface area contributed by atoms with Gasteiger partial charge in [-0.25, -0.2) is 9.97 Å². The predicted molar refractivity (Wildman–Crippen MR) is 64.2 cm³/mol. The summed E-state index contributed by atoms with van der Waals surface area (Å²) >= 11 is 4.10. The number of nitrogens with one attached hydrogen (secondary N) is 2. The van der Waals surface area contributed by atoms with Gasteiger partial charge in [-0.2, -0.15) is 12.6 Å². The lowest BCUT2D eigenvalue weighted by Gasteiger charge is -2.02. The Bertz CT molecular complexity index is 396. The van der Waals surface area contributed by atoms with Crippen LogP contribution in [0.1, 0.15) is 0 Å². The monoisotopic (exact) mass is 220 g/mol. The average molecular weight is 220 g/mol. The Hall–Kier alpha value is -1.49. The number of rotatable bonds is 4. The molecule has 0 amide bonds. The molecule has 0 saturated carbocycles. The maximum atomic E-state index is 4.20. The second kappa shape index (κ2) is 4.84. The molecule has 0 fully saturated rings. The third-order valence-corrected chi connectivity index (χ3v) is 2.18. The van der Waals surface area contributed by atoms with Gasteiger partial charge in [-0.1, -0.05) is 0 Å². The summed E-state index contributed by atoms with van der Waals surface area (Å²) in [7, 11) is 0. The predicted octanol–water partition coefficient (Wildman–Crippen LogP) is 1.81. The highest BCUT2D eigenvalue weighted by molar-refractivity contribution is 7.80. The summed E-state index contributed by atoms with van der Waals surface area (Å²) in [4.78, 5) is 11.5. The molecule has 0 aliphatic carbocycles. The molecule has 15 heavy (non-hydrogen) atoms. The van der Waals surface area contributed by atoms with Crippen molar-refractivity contribution in [3.05, 3.63) is 30.7 Å². The first-order chi connectivity index (χ1) is 7.40. The number of H-pyrrole nitrogens is 1. The molecule has 0 saturated heterocycles. The number of hydrogen-bond acceptors (Lipinski definition) is 4. The highest BCUT2D eigenvalue weighted by Crippen LogP contribution is 2.14. The molecule has 0 unspecified atom stereocenters. The van der Waals surface area contributed by atoms with Gasteiger partial charge in [0.15, 0.2) is 0 Å². The number of aromatic amines is 1. The summed E-state index contributed by atoms with van der Waals surface area (Å²) in [6.45, 7) is 0.769. The van der Waals surface area contributed by atoms with Crippen molar-refractivity contribution in [2.75, 3.05) is 17.6 Å². The van der Waals surface area contributed by atoms with Crippen molar-refractivity contribution in [3.8, 4) is 11.3 Å². The molecule has 0 radical (unpaired) electrons. The maximum Gasteiger partial charge on any atom is 0.222 e. The Labute approximate surface area is 93.6 Å². The number of nitrogens with zero attached hydrogens (tertiary/aromatic N) is 2. The fraction of sp³-hybridized carbons (Fsp3) is 0.200. The quantitative estimate of drug-likeness (QED) is 0.689. The highest BCUT2D eigenvalue weighted by Gasteiger charge is 1.99. The topological polar surface area (TPSA) is 53.6 Å². The molecule has 0 atom stereocenters. The first-order valence-corrected chi connectivity index (χ1v) is 5.34. The van der Waals surface area contributed by atoms with Crippen molar-refractivity contribution in [3.63, 3.8) is 0 Å². The van der Waals surface area contributed by atoms with Crippen molar-refractivity contribution in [1.29, 1.82) is 0 Å². The molecule has 2 aromatic rings. The SMILES string of the molecule is SCCNc1ncc(-c2ccc[nH]2)cn1. The number of thiol groups is 1. The van der Waals surface area contributed by atoms with Crippen LogP contribution in [0.15, 0.2) is 30.7 Å². The van der Waals surface area contributed by atoms with Gasteiger partial charge in [-0.15, -0.1) is 0 Å². The molecule has 0 aliphatic heterocycles. The lowest BCUT2D eigenvalue weighted by molar-refractivity contribution is 1.09. The summed E-state index contributed by atoms with van der Waals surface area (Å²) in [5.74, 6) is 1.40. The Morgan fingerprint density at radius 2 is 2.13 bits per heavy atom. The zero-order chi connectivity index (χ0) is 10.5. The average Bonchev–Trinajstić information content (AvgIpc) is 2.80. The van der Waals surface area contributed by atoms with Gasteiger partial charge in [0, 0.05) is 42.1 Å². The second-order valence-electron chi connectivity index (χ2n) is 3.03. The van der Waals surface area contributed by atoms with E-state index in [1.54, 1.807) is 12.4 Å². The minimum absolute atomic E-state index is 0.638. The molecule has 0 aliphatic rings. The van der Waals surface area contributed by atoms with Crippen molar-refractivity contribution in [2.24, 2.45) is 0 Å². The zero-order valence-corrected chi connectivity index (χ0v) is 9.04. The van der Waals surface area contributed by atoms with Crippen LogP contribution in [-0.4, -0.2) is 27.2 Å². The number of anilines is 1. The molecule has 0 bridgehead atoms. The van der Waals surface area contributed by atoms with E-state index < -0.39 is 0 Å². The third-order valence-electron chi connectivity index (χ3n) is 1.96. The van der Waals surface area contributed by atoms with Crippen LogP contribution in [-0.2, 0) is 0 Å².